The minimum Gasteiger partial charge on any atom is -0.435 e. The molecule has 0 spiro atoms. The molecule has 0 saturated heterocycles. The van der Waals surface area contributed by atoms with Crippen LogP contribution in [0.25, 0.3) is 0 Å². The first-order chi connectivity index (χ1) is 5.72. The van der Waals surface area contributed by atoms with Gasteiger partial charge in [-0.3, -0.25) is 0 Å². The Morgan fingerprint density at radius 1 is 1.42 bits per heavy atom. The number of ether oxygens (including phenoxy) is 1. The quantitative estimate of drug-likeness (QED) is 0.677. The number of rotatable bonds is 2. The third kappa shape index (κ3) is 2.20. The molecule has 0 bridgehead atoms. The van der Waals surface area contributed by atoms with Gasteiger partial charge in [-0.15, -0.1) is 0 Å². The first-order valence-corrected chi connectivity index (χ1v) is 3.17. The minimum atomic E-state index is -2.85. The van der Waals surface area contributed by atoms with E-state index in [1.807, 2.05) is 6.07 Å². The molecule has 1 aromatic carbocycles. The molecule has 0 fully saturated rings. The molecule has 0 aliphatic heterocycles. The van der Waals surface area contributed by atoms with Crippen LogP contribution in [0.5, 0.6) is 5.75 Å². The van der Waals surface area contributed by atoms with E-state index in [-0.39, 0.29) is 5.75 Å². The summed E-state index contributed by atoms with van der Waals surface area (Å²) in [6.07, 6.45) is 0. The Morgan fingerprint density at radius 2 is 2.17 bits per heavy atom. The van der Waals surface area contributed by atoms with Crippen molar-refractivity contribution in [2.24, 2.45) is 0 Å². The summed E-state index contributed by atoms with van der Waals surface area (Å²) in [6.45, 7) is -2.85. The van der Waals surface area contributed by atoms with Crippen molar-refractivity contribution in [2.45, 2.75) is 6.61 Å². The SMILES string of the molecule is N#Cc1cccc(OC(F)[18F])c1. The van der Waals surface area contributed by atoms with Crippen molar-refractivity contribution in [3.8, 4) is 11.8 Å². The molecule has 0 N–H and O–H groups in total. The molecule has 62 valence electrons. The van der Waals surface area contributed by atoms with E-state index in [0.29, 0.717) is 5.56 Å². The third-order valence-corrected chi connectivity index (χ3v) is 1.19. The van der Waals surface area contributed by atoms with Crippen LogP contribution >= 0.6 is 0 Å². The van der Waals surface area contributed by atoms with Crippen LogP contribution in [0.1, 0.15) is 5.56 Å². The van der Waals surface area contributed by atoms with E-state index >= 15 is 0 Å². The van der Waals surface area contributed by atoms with Crippen molar-refractivity contribution in [3.05, 3.63) is 29.8 Å². The number of hydrogen-bond donors (Lipinski definition) is 0. The highest BCUT2D eigenvalue weighted by Crippen LogP contribution is 2.14. The van der Waals surface area contributed by atoms with Crippen molar-refractivity contribution in [3.63, 3.8) is 0 Å². The third-order valence-electron chi connectivity index (χ3n) is 1.19. The molecular formula is C8H5F2NO. The summed E-state index contributed by atoms with van der Waals surface area (Å²) >= 11 is 0. The molecule has 0 heterocycles. The van der Waals surface area contributed by atoms with Crippen molar-refractivity contribution in [1.82, 2.24) is 0 Å². The van der Waals surface area contributed by atoms with Gasteiger partial charge in [0.25, 0.3) is 0 Å². The monoisotopic (exact) mass is 168 g/mol. The van der Waals surface area contributed by atoms with Crippen LogP contribution in [0.2, 0.25) is 0 Å². The summed E-state index contributed by atoms with van der Waals surface area (Å²) in [7, 11) is 0. The number of benzene rings is 1. The maximum Gasteiger partial charge on any atom is 0.387 e. The van der Waals surface area contributed by atoms with E-state index in [0.717, 1.165) is 0 Å². The highest BCUT2D eigenvalue weighted by Gasteiger charge is 2.03. The number of alkyl halides is 2. The summed E-state index contributed by atoms with van der Waals surface area (Å²) < 4.78 is 27.4. The molecule has 1 aromatic rings. The first-order valence-electron chi connectivity index (χ1n) is 3.17. The van der Waals surface area contributed by atoms with Crippen molar-refractivity contribution >= 4 is 0 Å². The Labute approximate surface area is 68.0 Å². The van der Waals surface area contributed by atoms with Gasteiger partial charge in [-0.05, 0) is 18.2 Å². The second-order valence-electron chi connectivity index (χ2n) is 2.02. The van der Waals surface area contributed by atoms with Crippen LogP contribution in [0.3, 0.4) is 0 Å². The number of hydrogen-bond acceptors (Lipinski definition) is 2. The molecule has 1 rings (SSSR count). The molecule has 0 amide bonds. The van der Waals surface area contributed by atoms with E-state index in [2.05, 4.69) is 4.74 Å². The predicted molar refractivity (Wildman–Crippen MR) is 37.8 cm³/mol. The second-order valence-corrected chi connectivity index (χ2v) is 2.02. The lowest BCUT2D eigenvalue weighted by atomic mass is 10.2. The van der Waals surface area contributed by atoms with Gasteiger partial charge >= 0.3 is 6.61 Å². The average molecular weight is 168 g/mol. The highest BCUT2D eigenvalue weighted by molar-refractivity contribution is 5.36. The summed E-state index contributed by atoms with van der Waals surface area (Å²) in [5, 5.41) is 8.40. The minimum absolute atomic E-state index is 0.00375. The standard InChI is InChI=1S/C8H5F2NO/c9-8(10)12-7-3-1-2-6(4-7)5-11/h1-4,8H/i9-1. The predicted octanol–water partition coefficient (Wildman–Crippen LogP) is 2.16. The summed E-state index contributed by atoms with van der Waals surface area (Å²) in [5.41, 5.74) is 0.299. The fourth-order valence-electron chi connectivity index (χ4n) is 0.742. The lowest BCUT2D eigenvalue weighted by Crippen LogP contribution is -2.01. The molecule has 0 aliphatic rings. The van der Waals surface area contributed by atoms with E-state index in [1.54, 1.807) is 0 Å². The van der Waals surface area contributed by atoms with Gasteiger partial charge in [-0.25, -0.2) is 0 Å². The molecule has 0 saturated carbocycles. The first kappa shape index (κ1) is 8.47. The van der Waals surface area contributed by atoms with Gasteiger partial charge < -0.3 is 4.74 Å². The molecule has 2 nitrogen and oxygen atoms in total. The molecule has 1 unspecified atom stereocenters. The fraction of sp³-hybridized carbons (Fsp3) is 0.125. The van der Waals surface area contributed by atoms with Crippen molar-refractivity contribution in [1.29, 1.82) is 5.26 Å². The second kappa shape index (κ2) is 3.67. The lowest BCUT2D eigenvalue weighted by Gasteiger charge is -2.02. The largest absolute Gasteiger partial charge is 0.435 e. The van der Waals surface area contributed by atoms with E-state index < -0.39 is 6.61 Å². The van der Waals surface area contributed by atoms with Gasteiger partial charge in [-0.1, -0.05) is 6.07 Å². The lowest BCUT2D eigenvalue weighted by molar-refractivity contribution is -0.0498. The van der Waals surface area contributed by atoms with E-state index in [9.17, 15) is 8.78 Å². The smallest absolute Gasteiger partial charge is 0.387 e. The molecule has 0 aromatic heterocycles. The van der Waals surface area contributed by atoms with Crippen LogP contribution in [0.4, 0.5) is 8.78 Å². The number of nitrogens with zero attached hydrogens (tertiary/aromatic N) is 1. The van der Waals surface area contributed by atoms with Gasteiger partial charge in [0.15, 0.2) is 0 Å². The maximum absolute atomic E-state index is 11.7. The Morgan fingerprint density at radius 3 is 2.75 bits per heavy atom. The Kier molecular flexibility index (Phi) is 2.59. The molecule has 12 heavy (non-hydrogen) atoms. The van der Waals surface area contributed by atoms with Gasteiger partial charge in [0.2, 0.25) is 0 Å². The van der Waals surface area contributed by atoms with Gasteiger partial charge in [0.1, 0.15) is 5.75 Å². The Bertz CT molecular complexity index is 306. The zero-order valence-electron chi connectivity index (χ0n) is 6.00. The number of nitriles is 1. The van der Waals surface area contributed by atoms with E-state index in [4.69, 9.17) is 5.26 Å². The van der Waals surface area contributed by atoms with Gasteiger partial charge in [0, 0.05) is 0 Å². The molecule has 0 radical (unpaired) electrons. The topological polar surface area (TPSA) is 33.0 Å². The van der Waals surface area contributed by atoms with Crippen molar-refractivity contribution < 1.29 is 13.5 Å². The zero-order chi connectivity index (χ0) is 8.97. The van der Waals surface area contributed by atoms with Crippen molar-refractivity contribution in [2.75, 3.05) is 0 Å². The highest BCUT2D eigenvalue weighted by atomic mass is 19.2. The molecule has 0 aliphatic carbocycles. The summed E-state index contributed by atoms with van der Waals surface area (Å²) in [5.74, 6) is 0.00375. The summed E-state index contributed by atoms with van der Waals surface area (Å²) in [4.78, 5) is 0. The number of halogens is 2. The summed E-state index contributed by atoms with van der Waals surface area (Å²) in [6, 6.07) is 7.43. The normalized spacial score (nSPS) is 11.8. The Balaban J connectivity index is 2.81. The molecular weight excluding hydrogens is 163 g/mol. The maximum atomic E-state index is 11.7. The molecule has 4 heteroatoms. The van der Waals surface area contributed by atoms with Crippen LogP contribution in [0.15, 0.2) is 24.3 Å². The van der Waals surface area contributed by atoms with Gasteiger partial charge in [-0.2, -0.15) is 14.0 Å². The van der Waals surface area contributed by atoms with Crippen LogP contribution in [-0.4, -0.2) is 6.61 Å². The van der Waals surface area contributed by atoms with E-state index in [1.165, 1.54) is 24.3 Å². The molecule has 1 atom stereocenters. The van der Waals surface area contributed by atoms with Crippen LogP contribution < -0.4 is 4.74 Å². The fourth-order valence-corrected chi connectivity index (χ4v) is 0.742. The zero-order valence-corrected chi connectivity index (χ0v) is 6.00. The average Bonchev–Trinajstić information content (AvgIpc) is 2.03. The van der Waals surface area contributed by atoms with Crippen LogP contribution in [0, 0.1) is 11.3 Å². The van der Waals surface area contributed by atoms with Crippen LogP contribution in [-0.2, 0) is 0 Å². The Hall–Kier alpha value is -1.63. The van der Waals surface area contributed by atoms with Gasteiger partial charge in [0.05, 0.1) is 11.6 Å².